The highest BCUT2D eigenvalue weighted by Gasteiger charge is 2.30. The second kappa shape index (κ2) is 10.2. The van der Waals surface area contributed by atoms with Crippen molar-refractivity contribution in [2.24, 2.45) is 0 Å². The lowest BCUT2D eigenvalue weighted by Crippen LogP contribution is -2.33. The molecular formula is C27H26ClF4NO. The first-order valence-corrected chi connectivity index (χ1v) is 11.2. The summed E-state index contributed by atoms with van der Waals surface area (Å²) in [6.07, 6.45) is -4.28. The Balaban J connectivity index is 1.87. The van der Waals surface area contributed by atoms with Crippen LogP contribution in [0.2, 0.25) is 5.02 Å². The molecule has 0 heterocycles. The third-order valence-electron chi connectivity index (χ3n) is 5.56. The summed E-state index contributed by atoms with van der Waals surface area (Å²) < 4.78 is 53.7. The van der Waals surface area contributed by atoms with Crippen LogP contribution in [0.4, 0.5) is 17.6 Å². The third kappa shape index (κ3) is 6.60. The van der Waals surface area contributed by atoms with Gasteiger partial charge in [-0.2, -0.15) is 13.2 Å². The summed E-state index contributed by atoms with van der Waals surface area (Å²) in [6, 6.07) is 16.5. The van der Waals surface area contributed by atoms with Gasteiger partial charge >= 0.3 is 6.18 Å². The summed E-state index contributed by atoms with van der Waals surface area (Å²) in [5.41, 5.74) is 1.42. The van der Waals surface area contributed by atoms with Gasteiger partial charge in [-0.25, -0.2) is 4.39 Å². The van der Waals surface area contributed by atoms with Crippen molar-refractivity contribution >= 4 is 17.5 Å². The van der Waals surface area contributed by atoms with E-state index in [-0.39, 0.29) is 35.5 Å². The maximum absolute atomic E-state index is 14.4. The number of rotatable bonds is 6. The van der Waals surface area contributed by atoms with Crippen molar-refractivity contribution in [3.8, 4) is 0 Å². The van der Waals surface area contributed by atoms with E-state index in [0.717, 1.165) is 29.3 Å². The molecule has 0 unspecified atom stereocenters. The van der Waals surface area contributed by atoms with Crippen LogP contribution in [0.5, 0.6) is 0 Å². The maximum Gasteiger partial charge on any atom is 0.416 e. The van der Waals surface area contributed by atoms with Crippen LogP contribution in [-0.2, 0) is 24.6 Å². The average molecular weight is 492 g/mol. The fourth-order valence-corrected chi connectivity index (χ4v) is 3.75. The molecule has 0 aliphatic rings. The fourth-order valence-electron chi connectivity index (χ4n) is 3.58. The van der Waals surface area contributed by atoms with E-state index in [9.17, 15) is 22.4 Å². The van der Waals surface area contributed by atoms with Gasteiger partial charge in [-0.3, -0.25) is 4.79 Å². The monoisotopic (exact) mass is 491 g/mol. The van der Waals surface area contributed by atoms with E-state index in [4.69, 9.17) is 11.6 Å². The first kappa shape index (κ1) is 25.8. The normalized spacial score (nSPS) is 12.0. The second-order valence-electron chi connectivity index (χ2n) is 9.25. The van der Waals surface area contributed by atoms with E-state index in [1.54, 1.807) is 6.07 Å². The van der Waals surface area contributed by atoms with Crippen molar-refractivity contribution in [2.75, 3.05) is 6.54 Å². The van der Waals surface area contributed by atoms with Gasteiger partial charge in [0.25, 0.3) is 5.91 Å². The predicted octanol–water partition coefficient (Wildman–Crippen LogP) is 7.68. The average Bonchev–Trinajstić information content (AvgIpc) is 2.77. The molecule has 180 valence electrons. The number of carbonyl (C=O) groups excluding carboxylic acids is 1. The minimum atomic E-state index is -4.45. The number of alkyl halides is 3. The molecule has 0 aromatic heterocycles. The van der Waals surface area contributed by atoms with Gasteiger partial charge in [0.05, 0.1) is 11.1 Å². The van der Waals surface area contributed by atoms with Crippen LogP contribution in [0.1, 0.15) is 53.4 Å². The van der Waals surface area contributed by atoms with Crippen molar-refractivity contribution < 1.29 is 22.4 Å². The molecule has 0 bridgehead atoms. The Bertz CT molecular complexity index is 1150. The second-order valence-corrected chi connectivity index (χ2v) is 9.68. The highest BCUT2D eigenvalue weighted by molar-refractivity contribution is 6.31. The van der Waals surface area contributed by atoms with Crippen LogP contribution < -0.4 is 0 Å². The Labute approximate surface area is 202 Å². The van der Waals surface area contributed by atoms with Crippen LogP contribution in [0, 0.1) is 5.82 Å². The van der Waals surface area contributed by atoms with E-state index in [1.807, 2.05) is 24.3 Å². The van der Waals surface area contributed by atoms with E-state index in [2.05, 4.69) is 20.8 Å². The summed E-state index contributed by atoms with van der Waals surface area (Å²) in [4.78, 5) is 14.7. The summed E-state index contributed by atoms with van der Waals surface area (Å²) in [5.74, 6) is -1.28. The Morgan fingerprint density at radius 1 is 0.882 bits per heavy atom. The molecule has 0 saturated heterocycles. The number of hydrogen-bond donors (Lipinski definition) is 0. The Morgan fingerprint density at radius 2 is 1.56 bits per heavy atom. The lowest BCUT2D eigenvalue weighted by Gasteiger charge is -2.25. The zero-order valence-electron chi connectivity index (χ0n) is 19.2. The van der Waals surface area contributed by atoms with Gasteiger partial charge in [0, 0.05) is 18.1 Å². The first-order valence-electron chi connectivity index (χ1n) is 10.8. The van der Waals surface area contributed by atoms with E-state index >= 15 is 0 Å². The molecule has 3 aromatic carbocycles. The Hall–Kier alpha value is -2.86. The summed E-state index contributed by atoms with van der Waals surface area (Å²) in [5, 5.41) is 0.220. The van der Waals surface area contributed by atoms with Crippen LogP contribution in [0.25, 0.3) is 0 Å². The lowest BCUT2D eigenvalue weighted by atomic mass is 9.87. The molecule has 0 fully saturated rings. The van der Waals surface area contributed by atoms with Gasteiger partial charge in [0.15, 0.2) is 0 Å². The zero-order chi connectivity index (χ0) is 25.1. The summed E-state index contributed by atoms with van der Waals surface area (Å²) in [7, 11) is 0. The molecule has 0 radical (unpaired) electrons. The molecule has 1 amide bonds. The van der Waals surface area contributed by atoms with E-state index in [0.29, 0.717) is 5.56 Å². The first-order chi connectivity index (χ1) is 15.8. The standard InChI is InChI=1S/C27H26ClF4NO/c1-26(2,3)20-9-7-19(8-10-20)17-33(25(34)23-16-22(28)11-12-24(23)29)14-13-18-5-4-6-21(15-18)27(30,31)32/h4-12,15-16H,13-14,17H2,1-3H3. The summed E-state index contributed by atoms with van der Waals surface area (Å²) >= 11 is 5.98. The lowest BCUT2D eigenvalue weighted by molar-refractivity contribution is -0.137. The van der Waals surface area contributed by atoms with Crippen molar-refractivity contribution in [3.63, 3.8) is 0 Å². The predicted molar refractivity (Wildman–Crippen MR) is 126 cm³/mol. The van der Waals surface area contributed by atoms with Crippen LogP contribution in [0.3, 0.4) is 0 Å². The number of nitrogens with zero attached hydrogens (tertiary/aromatic N) is 1. The minimum absolute atomic E-state index is 0.0402. The molecule has 0 atom stereocenters. The van der Waals surface area contributed by atoms with Crippen LogP contribution in [-0.4, -0.2) is 17.4 Å². The number of halogens is 5. The van der Waals surface area contributed by atoms with Gasteiger partial charge in [0.1, 0.15) is 5.82 Å². The summed E-state index contributed by atoms with van der Waals surface area (Å²) in [6.45, 7) is 6.56. The van der Waals surface area contributed by atoms with Crippen molar-refractivity contribution in [1.82, 2.24) is 4.90 Å². The molecule has 0 aliphatic carbocycles. The number of hydrogen-bond acceptors (Lipinski definition) is 1. The number of carbonyl (C=O) groups is 1. The minimum Gasteiger partial charge on any atom is -0.334 e. The molecule has 3 rings (SSSR count). The smallest absolute Gasteiger partial charge is 0.334 e. The van der Waals surface area contributed by atoms with Gasteiger partial charge in [-0.05, 0) is 52.8 Å². The number of benzene rings is 3. The largest absolute Gasteiger partial charge is 0.416 e. The topological polar surface area (TPSA) is 20.3 Å². The van der Waals surface area contributed by atoms with Gasteiger partial charge in [0.2, 0.25) is 0 Å². The Kier molecular flexibility index (Phi) is 7.71. The maximum atomic E-state index is 14.4. The van der Waals surface area contributed by atoms with Crippen molar-refractivity contribution in [2.45, 2.75) is 45.3 Å². The molecule has 3 aromatic rings. The molecule has 0 spiro atoms. The van der Waals surface area contributed by atoms with Crippen molar-refractivity contribution in [3.05, 3.63) is 105 Å². The quantitative estimate of drug-likeness (QED) is 0.324. The third-order valence-corrected chi connectivity index (χ3v) is 5.80. The molecular weight excluding hydrogens is 466 g/mol. The van der Waals surface area contributed by atoms with Crippen LogP contribution >= 0.6 is 11.6 Å². The molecule has 0 aliphatic heterocycles. The highest BCUT2D eigenvalue weighted by atomic mass is 35.5. The van der Waals surface area contributed by atoms with Crippen molar-refractivity contribution in [1.29, 1.82) is 0 Å². The van der Waals surface area contributed by atoms with E-state index < -0.39 is 23.5 Å². The molecule has 0 N–H and O–H groups in total. The number of amides is 1. The molecule has 2 nitrogen and oxygen atoms in total. The van der Waals surface area contributed by atoms with Gasteiger partial charge in [-0.1, -0.05) is 74.8 Å². The molecule has 34 heavy (non-hydrogen) atoms. The SMILES string of the molecule is CC(C)(C)c1ccc(CN(CCc2cccc(C(F)(F)F)c2)C(=O)c2cc(Cl)ccc2F)cc1. The molecule has 7 heteroatoms. The van der Waals surface area contributed by atoms with Gasteiger partial charge in [-0.15, -0.1) is 0 Å². The fraction of sp³-hybridized carbons (Fsp3) is 0.296. The van der Waals surface area contributed by atoms with E-state index in [1.165, 1.54) is 23.1 Å². The highest BCUT2D eigenvalue weighted by Crippen LogP contribution is 2.30. The van der Waals surface area contributed by atoms with Crippen LogP contribution in [0.15, 0.2) is 66.7 Å². The molecule has 0 saturated carbocycles. The zero-order valence-corrected chi connectivity index (χ0v) is 20.0. The Morgan fingerprint density at radius 3 is 2.18 bits per heavy atom. The van der Waals surface area contributed by atoms with Gasteiger partial charge < -0.3 is 4.90 Å².